The van der Waals surface area contributed by atoms with Gasteiger partial charge in [0.15, 0.2) is 15.3 Å². The van der Waals surface area contributed by atoms with Gasteiger partial charge in [0.05, 0.1) is 0 Å². The number of rotatable bonds is 3. The van der Waals surface area contributed by atoms with Crippen molar-refractivity contribution in [2.75, 3.05) is 4.90 Å². The predicted molar refractivity (Wildman–Crippen MR) is 108 cm³/mol. The second-order valence-electron chi connectivity index (χ2n) is 5.60. The van der Waals surface area contributed by atoms with Gasteiger partial charge in [-0.25, -0.2) is 19.9 Å². The van der Waals surface area contributed by atoms with Gasteiger partial charge in [-0.2, -0.15) is 0 Å². The first-order valence-electron chi connectivity index (χ1n) is 8.00. The van der Waals surface area contributed by atoms with E-state index in [-0.39, 0.29) is 5.82 Å². The topological polar surface area (TPSA) is 91.8 Å². The number of hydrogen-bond acceptors (Lipinski definition) is 5. The second-order valence-corrected chi connectivity index (χ2v) is 6.62. The summed E-state index contributed by atoms with van der Waals surface area (Å²) in [6, 6.07) is 17.2. The maximum absolute atomic E-state index is 13.2. The van der Waals surface area contributed by atoms with E-state index in [0.29, 0.717) is 26.1 Å². The van der Waals surface area contributed by atoms with Gasteiger partial charge in [0, 0.05) is 11.1 Å². The Morgan fingerprint density at radius 1 is 0.852 bits per heavy atom. The average Bonchev–Trinajstić information content (AvgIpc) is 3.10. The number of benzene rings is 2. The molecular weight excluding hydrogens is 457 g/mol. The van der Waals surface area contributed by atoms with Crippen LogP contribution in [0.2, 0.25) is 0 Å². The SMILES string of the molecule is O=C(c1ccccc1)N(C(=O)c1ccccc1)c1ncnc2nc(I)[nH]c12. The van der Waals surface area contributed by atoms with Crippen LogP contribution in [0, 0.1) is 3.83 Å². The Kier molecular flexibility index (Phi) is 4.63. The Labute approximate surface area is 167 Å². The fourth-order valence-corrected chi connectivity index (χ4v) is 3.16. The zero-order chi connectivity index (χ0) is 18.8. The van der Waals surface area contributed by atoms with Crippen molar-refractivity contribution in [3.63, 3.8) is 0 Å². The number of imidazole rings is 1. The molecule has 7 nitrogen and oxygen atoms in total. The third-order valence-electron chi connectivity index (χ3n) is 3.90. The van der Waals surface area contributed by atoms with Crippen molar-refractivity contribution < 1.29 is 9.59 Å². The molecule has 0 aliphatic heterocycles. The van der Waals surface area contributed by atoms with Crippen LogP contribution in [-0.4, -0.2) is 31.8 Å². The summed E-state index contributed by atoms with van der Waals surface area (Å²) in [6.45, 7) is 0. The van der Waals surface area contributed by atoms with Gasteiger partial charge in [-0.3, -0.25) is 9.59 Å². The van der Waals surface area contributed by atoms with Crippen molar-refractivity contribution in [2.45, 2.75) is 0 Å². The number of hydrogen-bond donors (Lipinski definition) is 1. The van der Waals surface area contributed by atoms with Crippen molar-refractivity contribution in [3.8, 4) is 0 Å². The van der Waals surface area contributed by atoms with Crippen LogP contribution in [0.5, 0.6) is 0 Å². The van der Waals surface area contributed by atoms with E-state index in [9.17, 15) is 9.59 Å². The molecule has 1 N–H and O–H groups in total. The lowest BCUT2D eigenvalue weighted by atomic mass is 10.1. The smallest absolute Gasteiger partial charge is 0.266 e. The van der Waals surface area contributed by atoms with E-state index in [4.69, 9.17) is 0 Å². The molecule has 0 unspecified atom stereocenters. The Morgan fingerprint density at radius 3 is 1.96 bits per heavy atom. The van der Waals surface area contributed by atoms with Gasteiger partial charge < -0.3 is 4.98 Å². The number of aromatic nitrogens is 4. The van der Waals surface area contributed by atoms with Gasteiger partial charge in [0.1, 0.15) is 11.8 Å². The molecule has 0 fully saturated rings. The molecule has 0 radical (unpaired) electrons. The van der Waals surface area contributed by atoms with Crippen molar-refractivity contribution in [1.82, 2.24) is 19.9 Å². The third kappa shape index (κ3) is 3.31. The number of nitrogens with zero attached hydrogens (tertiary/aromatic N) is 4. The van der Waals surface area contributed by atoms with Gasteiger partial charge in [0.25, 0.3) is 11.8 Å². The molecule has 0 spiro atoms. The number of halogens is 1. The number of aromatic amines is 1. The highest BCUT2D eigenvalue weighted by atomic mass is 127. The standard InChI is InChI=1S/C19H12IN5O2/c20-19-23-14-15(24-19)21-11-22-16(14)25(17(26)12-7-3-1-4-8-12)18(27)13-9-5-2-6-10-13/h1-11H,(H,21,22,23,24). The molecule has 0 saturated heterocycles. The van der Waals surface area contributed by atoms with E-state index in [1.165, 1.54) is 6.33 Å². The molecule has 132 valence electrons. The number of carbonyl (C=O) groups excluding carboxylic acids is 2. The number of fused-ring (bicyclic) bond motifs is 1. The lowest BCUT2D eigenvalue weighted by molar-refractivity contribution is 0.0897. The number of H-pyrrole nitrogens is 1. The molecule has 2 amide bonds. The second kappa shape index (κ2) is 7.23. The number of anilines is 1. The number of carbonyl (C=O) groups is 2. The van der Waals surface area contributed by atoms with E-state index in [2.05, 4.69) is 19.9 Å². The molecule has 0 aliphatic rings. The zero-order valence-electron chi connectivity index (χ0n) is 13.8. The van der Waals surface area contributed by atoms with Gasteiger partial charge >= 0.3 is 0 Å². The first kappa shape index (κ1) is 17.3. The normalized spacial score (nSPS) is 10.7. The first-order chi connectivity index (χ1) is 13.1. The number of imide groups is 1. The molecule has 0 aliphatic carbocycles. The fourth-order valence-electron chi connectivity index (χ4n) is 2.66. The molecule has 0 atom stereocenters. The lowest BCUT2D eigenvalue weighted by Gasteiger charge is -2.20. The lowest BCUT2D eigenvalue weighted by Crippen LogP contribution is -2.38. The van der Waals surface area contributed by atoms with Crippen LogP contribution >= 0.6 is 22.6 Å². The maximum atomic E-state index is 13.2. The summed E-state index contributed by atoms with van der Waals surface area (Å²) >= 11 is 2.01. The van der Waals surface area contributed by atoms with E-state index >= 15 is 0 Å². The molecule has 4 rings (SSSR count). The minimum absolute atomic E-state index is 0.165. The number of amides is 2. The molecule has 27 heavy (non-hydrogen) atoms. The molecule has 0 bridgehead atoms. The van der Waals surface area contributed by atoms with Gasteiger partial charge in [-0.15, -0.1) is 0 Å². The molecule has 2 heterocycles. The number of nitrogens with one attached hydrogen (secondary N) is 1. The van der Waals surface area contributed by atoms with Crippen LogP contribution in [-0.2, 0) is 0 Å². The van der Waals surface area contributed by atoms with Crippen molar-refractivity contribution in [2.24, 2.45) is 0 Å². The summed E-state index contributed by atoms with van der Waals surface area (Å²) < 4.78 is 0.587. The molecule has 2 aromatic heterocycles. The zero-order valence-corrected chi connectivity index (χ0v) is 16.0. The summed E-state index contributed by atoms with van der Waals surface area (Å²) in [4.78, 5) is 43.1. The molecular formula is C19H12IN5O2. The fraction of sp³-hybridized carbons (Fsp3) is 0. The van der Waals surface area contributed by atoms with E-state index in [1.807, 2.05) is 22.6 Å². The molecule has 8 heteroatoms. The summed E-state index contributed by atoms with van der Waals surface area (Å²) in [7, 11) is 0. The Balaban J connectivity index is 1.90. The minimum atomic E-state index is -0.478. The van der Waals surface area contributed by atoms with Crippen molar-refractivity contribution in [3.05, 3.63) is 81.9 Å². The van der Waals surface area contributed by atoms with E-state index in [1.54, 1.807) is 60.7 Å². The molecule has 4 aromatic rings. The predicted octanol–water partition coefficient (Wildman–Crippen LogP) is 3.44. The highest BCUT2D eigenvalue weighted by molar-refractivity contribution is 14.1. The molecule has 0 saturated carbocycles. The van der Waals surface area contributed by atoms with Gasteiger partial charge in [-0.1, -0.05) is 36.4 Å². The molecule has 2 aromatic carbocycles. The Bertz CT molecular complexity index is 1080. The monoisotopic (exact) mass is 469 g/mol. The van der Waals surface area contributed by atoms with Crippen LogP contribution in [0.4, 0.5) is 5.82 Å². The summed E-state index contributed by atoms with van der Waals surface area (Å²) in [5.41, 5.74) is 1.57. The van der Waals surface area contributed by atoms with Crippen molar-refractivity contribution >= 4 is 51.4 Å². The van der Waals surface area contributed by atoms with Crippen LogP contribution in [0.25, 0.3) is 11.2 Å². The third-order valence-corrected chi connectivity index (χ3v) is 4.41. The van der Waals surface area contributed by atoms with E-state index in [0.717, 1.165) is 4.90 Å². The Hall–Kier alpha value is -3.14. The maximum Gasteiger partial charge on any atom is 0.266 e. The highest BCUT2D eigenvalue weighted by Gasteiger charge is 2.29. The van der Waals surface area contributed by atoms with Gasteiger partial charge in [-0.05, 0) is 46.9 Å². The first-order valence-corrected chi connectivity index (χ1v) is 9.08. The summed E-state index contributed by atoms with van der Waals surface area (Å²) in [6.07, 6.45) is 1.29. The van der Waals surface area contributed by atoms with Crippen molar-refractivity contribution in [1.29, 1.82) is 0 Å². The quantitative estimate of drug-likeness (QED) is 0.282. The van der Waals surface area contributed by atoms with Crippen LogP contribution in [0.1, 0.15) is 20.7 Å². The van der Waals surface area contributed by atoms with Gasteiger partial charge in [0.2, 0.25) is 0 Å². The van der Waals surface area contributed by atoms with E-state index < -0.39 is 11.8 Å². The van der Waals surface area contributed by atoms with Crippen LogP contribution in [0.15, 0.2) is 67.0 Å². The van der Waals surface area contributed by atoms with Crippen LogP contribution in [0.3, 0.4) is 0 Å². The van der Waals surface area contributed by atoms with Crippen LogP contribution < -0.4 is 4.90 Å². The minimum Gasteiger partial charge on any atom is -0.329 e. The average molecular weight is 469 g/mol. The largest absolute Gasteiger partial charge is 0.329 e. The Morgan fingerprint density at radius 2 is 1.41 bits per heavy atom. The highest BCUT2D eigenvalue weighted by Crippen LogP contribution is 2.25. The summed E-state index contributed by atoms with van der Waals surface area (Å²) in [5.74, 6) is -0.791. The summed E-state index contributed by atoms with van der Waals surface area (Å²) in [5, 5.41) is 0.